The number of H-pyrrole nitrogens is 1. The molecule has 39 heavy (non-hydrogen) atoms. The number of esters is 1. The largest absolute Gasteiger partial charge is 0.497 e. The Morgan fingerprint density at radius 3 is 2.46 bits per heavy atom. The highest BCUT2D eigenvalue weighted by Gasteiger charge is 2.12. The second-order valence-corrected chi connectivity index (χ2v) is 9.18. The number of rotatable bonds is 13. The van der Waals surface area contributed by atoms with Crippen molar-refractivity contribution in [1.82, 2.24) is 15.4 Å². The molecular formula is C31H33N3O5. The minimum Gasteiger partial charge on any atom is -0.497 e. The maximum Gasteiger partial charge on any atom is 0.310 e. The van der Waals surface area contributed by atoms with Gasteiger partial charge in [0.25, 0.3) is 5.91 Å². The van der Waals surface area contributed by atoms with Gasteiger partial charge in [-0.25, -0.2) is 5.48 Å². The molecule has 3 aromatic carbocycles. The van der Waals surface area contributed by atoms with E-state index in [1.54, 1.807) is 18.7 Å². The van der Waals surface area contributed by atoms with Gasteiger partial charge >= 0.3 is 5.97 Å². The van der Waals surface area contributed by atoms with E-state index in [4.69, 9.17) is 14.7 Å². The van der Waals surface area contributed by atoms with E-state index in [-0.39, 0.29) is 12.4 Å². The first-order valence-electron chi connectivity index (χ1n) is 12.8. The summed E-state index contributed by atoms with van der Waals surface area (Å²) < 4.78 is 10.7. The molecule has 0 fully saturated rings. The number of amides is 1. The molecule has 4 aromatic rings. The molecule has 0 radical (unpaired) electrons. The minimum atomic E-state index is -0.580. The summed E-state index contributed by atoms with van der Waals surface area (Å²) >= 11 is 0. The van der Waals surface area contributed by atoms with Gasteiger partial charge in [-0.3, -0.25) is 19.7 Å². The van der Waals surface area contributed by atoms with Crippen LogP contribution in [0.15, 0.2) is 85.1 Å². The third kappa shape index (κ3) is 8.29. The van der Waals surface area contributed by atoms with Crippen LogP contribution >= 0.6 is 0 Å². The van der Waals surface area contributed by atoms with Crippen LogP contribution < -0.4 is 10.2 Å². The number of aromatic amines is 1. The summed E-state index contributed by atoms with van der Waals surface area (Å²) in [6, 6.07) is 23.5. The van der Waals surface area contributed by atoms with E-state index < -0.39 is 5.91 Å². The van der Waals surface area contributed by atoms with Crippen molar-refractivity contribution in [3.63, 3.8) is 0 Å². The summed E-state index contributed by atoms with van der Waals surface area (Å²) in [5, 5.41) is 9.85. The van der Waals surface area contributed by atoms with Crippen LogP contribution in [-0.2, 0) is 33.7 Å². The Kier molecular flexibility index (Phi) is 9.88. The number of methoxy groups -OCH3 is 1. The predicted molar refractivity (Wildman–Crippen MR) is 150 cm³/mol. The van der Waals surface area contributed by atoms with Crippen LogP contribution in [0.3, 0.4) is 0 Å². The van der Waals surface area contributed by atoms with Crippen LogP contribution in [0.25, 0.3) is 17.0 Å². The fourth-order valence-corrected chi connectivity index (χ4v) is 4.34. The zero-order valence-corrected chi connectivity index (χ0v) is 21.9. The van der Waals surface area contributed by atoms with Crippen molar-refractivity contribution in [3.8, 4) is 5.75 Å². The van der Waals surface area contributed by atoms with E-state index in [9.17, 15) is 9.59 Å². The molecule has 0 spiro atoms. The topological polar surface area (TPSA) is 104 Å². The van der Waals surface area contributed by atoms with E-state index in [2.05, 4.69) is 28.2 Å². The van der Waals surface area contributed by atoms with E-state index in [1.165, 1.54) is 17.0 Å². The summed E-state index contributed by atoms with van der Waals surface area (Å²) in [7, 11) is 1.61. The van der Waals surface area contributed by atoms with Crippen molar-refractivity contribution < 1.29 is 24.3 Å². The van der Waals surface area contributed by atoms with Crippen molar-refractivity contribution in [1.29, 1.82) is 0 Å². The maximum atomic E-state index is 12.4. The normalized spacial score (nSPS) is 11.3. The third-order valence-electron chi connectivity index (χ3n) is 6.47. The smallest absolute Gasteiger partial charge is 0.310 e. The number of nitrogens with one attached hydrogen (secondary N) is 2. The van der Waals surface area contributed by atoms with Crippen LogP contribution in [0, 0.1) is 0 Å². The number of nitrogens with zero attached hydrogens (tertiary/aromatic N) is 1. The fraction of sp³-hybridized carbons (Fsp3) is 0.226. The Hall–Kier alpha value is -4.40. The second kappa shape index (κ2) is 13.9. The first-order chi connectivity index (χ1) is 19.0. The lowest BCUT2D eigenvalue weighted by atomic mass is 10.1. The van der Waals surface area contributed by atoms with Crippen molar-refractivity contribution in [2.24, 2.45) is 0 Å². The van der Waals surface area contributed by atoms with Crippen LogP contribution in [-0.4, -0.2) is 53.8 Å². The Balaban J connectivity index is 1.36. The highest BCUT2D eigenvalue weighted by atomic mass is 16.5. The summed E-state index contributed by atoms with van der Waals surface area (Å²) in [4.78, 5) is 29.3. The monoisotopic (exact) mass is 527 g/mol. The highest BCUT2D eigenvalue weighted by Crippen LogP contribution is 2.19. The molecule has 4 rings (SSSR count). The summed E-state index contributed by atoms with van der Waals surface area (Å²) in [5.74, 6) is -0.0958. The quantitative estimate of drug-likeness (QED) is 0.102. The predicted octanol–water partition coefficient (Wildman–Crippen LogP) is 4.53. The molecule has 8 heteroatoms. The summed E-state index contributed by atoms with van der Waals surface area (Å²) in [5.41, 5.74) is 6.76. The van der Waals surface area contributed by atoms with E-state index >= 15 is 0 Å². The van der Waals surface area contributed by atoms with Gasteiger partial charge in [0.15, 0.2) is 0 Å². The number of para-hydroxylation sites is 1. The van der Waals surface area contributed by atoms with Crippen LogP contribution in [0.4, 0.5) is 0 Å². The number of benzene rings is 3. The average molecular weight is 528 g/mol. The molecule has 0 saturated heterocycles. The number of hydrogen-bond acceptors (Lipinski definition) is 6. The molecule has 0 saturated carbocycles. The fourth-order valence-electron chi connectivity index (χ4n) is 4.34. The van der Waals surface area contributed by atoms with Gasteiger partial charge in [-0.15, -0.1) is 0 Å². The minimum absolute atomic E-state index is 0.211. The molecule has 0 aliphatic carbocycles. The van der Waals surface area contributed by atoms with Gasteiger partial charge in [0.2, 0.25) is 0 Å². The first kappa shape index (κ1) is 27.6. The molecule has 202 valence electrons. The van der Waals surface area contributed by atoms with Crippen molar-refractivity contribution in [2.45, 2.75) is 19.4 Å². The average Bonchev–Trinajstić information content (AvgIpc) is 3.38. The van der Waals surface area contributed by atoms with Gasteiger partial charge in [-0.2, -0.15) is 0 Å². The Bertz CT molecular complexity index is 1390. The zero-order chi connectivity index (χ0) is 27.5. The number of aromatic nitrogens is 1. The molecule has 1 aromatic heterocycles. The van der Waals surface area contributed by atoms with Crippen molar-refractivity contribution in [3.05, 3.63) is 107 Å². The first-order valence-corrected chi connectivity index (χ1v) is 12.8. The lowest BCUT2D eigenvalue weighted by Crippen LogP contribution is -2.30. The van der Waals surface area contributed by atoms with Crippen molar-refractivity contribution >= 4 is 28.9 Å². The number of fused-ring (bicyclic) bond motifs is 1. The zero-order valence-electron chi connectivity index (χ0n) is 21.9. The highest BCUT2D eigenvalue weighted by molar-refractivity contribution is 5.90. The molecule has 0 bridgehead atoms. The Labute approximate surface area is 227 Å². The van der Waals surface area contributed by atoms with E-state index in [1.807, 2.05) is 60.7 Å². The molecule has 3 N–H and O–H groups in total. The molecule has 1 heterocycles. The van der Waals surface area contributed by atoms with Gasteiger partial charge in [0.1, 0.15) is 12.4 Å². The maximum absolute atomic E-state index is 12.4. The molecule has 0 unspecified atom stereocenters. The van der Waals surface area contributed by atoms with Gasteiger partial charge < -0.3 is 14.5 Å². The number of ether oxygens (including phenoxy) is 2. The van der Waals surface area contributed by atoms with Crippen LogP contribution in [0.2, 0.25) is 0 Å². The summed E-state index contributed by atoms with van der Waals surface area (Å²) in [6.45, 7) is 2.35. The van der Waals surface area contributed by atoms with Gasteiger partial charge in [-0.05, 0) is 52.9 Å². The molecule has 0 aliphatic rings. The molecule has 0 aliphatic heterocycles. The molecule has 0 atom stereocenters. The number of carbonyl (C=O) groups is 2. The van der Waals surface area contributed by atoms with Crippen LogP contribution in [0.1, 0.15) is 22.3 Å². The number of hydroxylamine groups is 1. The lowest BCUT2D eigenvalue weighted by Gasteiger charge is -2.22. The third-order valence-corrected chi connectivity index (χ3v) is 6.47. The van der Waals surface area contributed by atoms with Crippen LogP contribution in [0.5, 0.6) is 5.75 Å². The Morgan fingerprint density at radius 2 is 1.72 bits per heavy atom. The second-order valence-electron chi connectivity index (χ2n) is 9.18. The SMILES string of the molecule is COc1ccc(CC(=O)OCCN(CCc2c[nH]c3ccccc23)Cc2ccc(C=CC(=O)NO)cc2)cc1. The number of hydrogen-bond donors (Lipinski definition) is 3. The lowest BCUT2D eigenvalue weighted by molar-refractivity contribution is -0.143. The van der Waals surface area contributed by atoms with Gasteiger partial charge in [-0.1, -0.05) is 54.6 Å². The molecular weight excluding hydrogens is 494 g/mol. The van der Waals surface area contributed by atoms with Crippen molar-refractivity contribution in [2.75, 3.05) is 26.8 Å². The van der Waals surface area contributed by atoms with E-state index in [0.29, 0.717) is 19.7 Å². The standard InChI is InChI=1S/C31H33N3O5/c1-38-27-13-10-24(11-14-27)20-31(36)39-19-18-34(17-16-26-21-32-29-5-3-2-4-28(26)29)22-25-8-6-23(7-9-25)12-15-30(35)33-37/h2-15,21,32,37H,16-20,22H2,1H3,(H,33,35). The number of carbonyl (C=O) groups excluding carboxylic acids is 2. The van der Waals surface area contributed by atoms with Gasteiger partial charge in [0.05, 0.1) is 13.5 Å². The van der Waals surface area contributed by atoms with Gasteiger partial charge in [0, 0.05) is 42.8 Å². The summed E-state index contributed by atoms with van der Waals surface area (Å²) in [6.07, 6.45) is 6.01. The van der Waals surface area contributed by atoms with E-state index in [0.717, 1.165) is 40.9 Å². The molecule has 1 amide bonds. The molecule has 8 nitrogen and oxygen atoms in total. The Morgan fingerprint density at radius 1 is 0.974 bits per heavy atom.